The van der Waals surface area contributed by atoms with Gasteiger partial charge in [-0.3, -0.25) is 0 Å². The van der Waals surface area contributed by atoms with Gasteiger partial charge in [0.1, 0.15) is 12.4 Å². The molecule has 0 amide bonds. The van der Waals surface area contributed by atoms with E-state index in [-0.39, 0.29) is 5.82 Å². The van der Waals surface area contributed by atoms with Gasteiger partial charge in [0, 0.05) is 5.56 Å². The number of fused-ring (bicyclic) bond motifs is 5. The first-order valence-electron chi connectivity index (χ1n) is 7.52. The van der Waals surface area contributed by atoms with Crippen LogP contribution in [0.2, 0.25) is 0 Å². The topological polar surface area (TPSA) is 19.9 Å². The molecule has 3 aromatic carbocycles. The predicted octanol–water partition coefficient (Wildman–Crippen LogP) is 4.94. The van der Waals surface area contributed by atoms with E-state index in [0.717, 1.165) is 29.0 Å². The molecular formula is C19H16FO. The van der Waals surface area contributed by atoms with Crippen molar-refractivity contribution in [1.29, 1.82) is 0 Å². The van der Waals surface area contributed by atoms with Gasteiger partial charge in [-0.2, -0.15) is 0 Å². The molecule has 1 aliphatic rings. The minimum atomic E-state index is -0.515. The first-order chi connectivity index (χ1) is 10.3. The monoisotopic (exact) mass is 279 g/mol. The molecule has 4 rings (SSSR count). The van der Waals surface area contributed by atoms with Gasteiger partial charge in [-0.05, 0) is 64.4 Å². The maximum atomic E-state index is 14.0. The quantitative estimate of drug-likeness (QED) is 0.562. The van der Waals surface area contributed by atoms with Crippen molar-refractivity contribution < 1.29 is 9.50 Å². The van der Waals surface area contributed by atoms with Gasteiger partial charge in [0.25, 0.3) is 0 Å². The molecule has 0 unspecified atom stereocenters. The minimum Gasteiger partial charge on any atom is -0.231 e. The largest absolute Gasteiger partial charge is 0.231 e. The highest BCUT2D eigenvalue weighted by atomic mass is 19.1. The summed E-state index contributed by atoms with van der Waals surface area (Å²) in [6.45, 7) is -0.515. The van der Waals surface area contributed by atoms with E-state index < -0.39 is 6.61 Å². The molecule has 0 spiro atoms. The zero-order valence-electron chi connectivity index (χ0n) is 11.8. The standard InChI is InChI=1S/C19H16FO/c20-18-10-7-13-6-8-15-14-4-2-1-3-12(14)5-9-16(15)19(13)17(18)11-21/h5-10H,1-4,11H2. The van der Waals surface area contributed by atoms with Crippen LogP contribution >= 0.6 is 0 Å². The van der Waals surface area contributed by atoms with Crippen LogP contribution < -0.4 is 0 Å². The Labute approximate surface area is 123 Å². The third kappa shape index (κ3) is 1.86. The normalized spacial score (nSPS) is 14.6. The molecule has 0 bridgehead atoms. The van der Waals surface area contributed by atoms with Crippen LogP contribution in [0.15, 0.2) is 36.4 Å². The van der Waals surface area contributed by atoms with Gasteiger partial charge in [0.05, 0.1) is 0 Å². The molecule has 0 aliphatic heterocycles. The smallest absolute Gasteiger partial charge is 0.129 e. The number of aryl methyl sites for hydroxylation is 2. The second-order valence-corrected chi connectivity index (χ2v) is 5.84. The Morgan fingerprint density at radius 3 is 2.52 bits per heavy atom. The highest BCUT2D eigenvalue weighted by molar-refractivity contribution is 6.10. The van der Waals surface area contributed by atoms with E-state index in [1.54, 1.807) is 6.07 Å². The maximum Gasteiger partial charge on any atom is 0.129 e. The number of rotatable bonds is 1. The van der Waals surface area contributed by atoms with Crippen molar-refractivity contribution in [3.05, 3.63) is 58.9 Å². The summed E-state index contributed by atoms with van der Waals surface area (Å²) >= 11 is 0. The van der Waals surface area contributed by atoms with Gasteiger partial charge in [0.2, 0.25) is 0 Å². The molecule has 0 heterocycles. The number of halogens is 1. The Bertz CT molecular complexity index is 851. The Hall–Kier alpha value is -1.93. The van der Waals surface area contributed by atoms with Crippen LogP contribution in [0, 0.1) is 5.82 Å². The molecule has 0 saturated heterocycles. The van der Waals surface area contributed by atoms with Gasteiger partial charge in [0.15, 0.2) is 0 Å². The predicted molar refractivity (Wildman–Crippen MR) is 82.4 cm³/mol. The van der Waals surface area contributed by atoms with Gasteiger partial charge in [-0.15, -0.1) is 0 Å². The van der Waals surface area contributed by atoms with Gasteiger partial charge in [-0.25, -0.2) is 9.50 Å². The van der Waals surface area contributed by atoms with Gasteiger partial charge < -0.3 is 0 Å². The zero-order valence-corrected chi connectivity index (χ0v) is 11.8. The van der Waals surface area contributed by atoms with Gasteiger partial charge >= 0.3 is 0 Å². The van der Waals surface area contributed by atoms with E-state index in [1.165, 1.54) is 35.4 Å². The number of hydrogen-bond acceptors (Lipinski definition) is 0. The van der Waals surface area contributed by atoms with Crippen molar-refractivity contribution >= 4 is 21.5 Å². The molecule has 0 N–H and O–H groups in total. The van der Waals surface area contributed by atoms with Crippen LogP contribution in [-0.4, -0.2) is 0 Å². The highest BCUT2D eigenvalue weighted by Gasteiger charge is 2.16. The summed E-state index contributed by atoms with van der Waals surface area (Å²) < 4.78 is 14.0. The summed E-state index contributed by atoms with van der Waals surface area (Å²) in [5.74, 6) is -0.386. The van der Waals surface area contributed by atoms with E-state index in [4.69, 9.17) is 0 Å². The Morgan fingerprint density at radius 1 is 0.905 bits per heavy atom. The van der Waals surface area contributed by atoms with E-state index in [0.29, 0.717) is 5.56 Å². The number of benzene rings is 3. The molecule has 21 heavy (non-hydrogen) atoms. The third-order valence-electron chi connectivity index (χ3n) is 4.71. The first kappa shape index (κ1) is 12.8. The van der Waals surface area contributed by atoms with Crippen molar-refractivity contribution in [3.8, 4) is 0 Å². The maximum absolute atomic E-state index is 14.0. The summed E-state index contributed by atoms with van der Waals surface area (Å²) in [5, 5.41) is 15.4. The van der Waals surface area contributed by atoms with E-state index in [1.807, 2.05) is 6.07 Å². The molecule has 1 nitrogen and oxygen atoms in total. The Balaban J connectivity index is 2.16. The second kappa shape index (κ2) is 4.81. The molecule has 1 radical (unpaired) electrons. The van der Waals surface area contributed by atoms with Crippen molar-refractivity contribution in [2.24, 2.45) is 0 Å². The number of hydrogen-bond donors (Lipinski definition) is 0. The van der Waals surface area contributed by atoms with Crippen LogP contribution in [0.25, 0.3) is 21.5 Å². The SMILES string of the molecule is [O]Cc1c(F)ccc2ccc3c4c(ccc3c12)CCCC4. The fourth-order valence-corrected chi connectivity index (χ4v) is 3.68. The fraction of sp³-hybridized carbons (Fsp3) is 0.263. The van der Waals surface area contributed by atoms with Crippen molar-refractivity contribution in [2.75, 3.05) is 0 Å². The third-order valence-corrected chi connectivity index (χ3v) is 4.71. The Morgan fingerprint density at radius 2 is 1.67 bits per heavy atom. The van der Waals surface area contributed by atoms with Crippen LogP contribution in [0.5, 0.6) is 0 Å². The highest BCUT2D eigenvalue weighted by Crippen LogP contribution is 2.35. The minimum absolute atomic E-state index is 0.300. The molecule has 105 valence electrons. The summed E-state index contributed by atoms with van der Waals surface area (Å²) in [6.07, 6.45) is 4.66. The fourth-order valence-electron chi connectivity index (χ4n) is 3.68. The van der Waals surface area contributed by atoms with E-state index >= 15 is 0 Å². The molecule has 1 aliphatic carbocycles. The van der Waals surface area contributed by atoms with Crippen LogP contribution in [0.1, 0.15) is 29.5 Å². The molecular weight excluding hydrogens is 263 g/mol. The Kier molecular flexibility index (Phi) is 2.93. The lowest BCUT2D eigenvalue weighted by Gasteiger charge is -2.19. The molecule has 0 atom stereocenters. The van der Waals surface area contributed by atoms with Crippen molar-refractivity contribution in [3.63, 3.8) is 0 Å². The summed E-state index contributed by atoms with van der Waals surface area (Å²) in [7, 11) is 0. The van der Waals surface area contributed by atoms with Gasteiger partial charge in [-0.1, -0.05) is 30.3 Å². The molecule has 2 heteroatoms. The lowest BCUT2D eigenvalue weighted by atomic mass is 9.86. The average Bonchev–Trinajstić information content (AvgIpc) is 2.54. The van der Waals surface area contributed by atoms with Crippen LogP contribution in [0.4, 0.5) is 4.39 Å². The van der Waals surface area contributed by atoms with Crippen molar-refractivity contribution in [2.45, 2.75) is 32.3 Å². The molecule has 0 saturated carbocycles. The van der Waals surface area contributed by atoms with Crippen LogP contribution in [-0.2, 0) is 24.6 Å². The second-order valence-electron chi connectivity index (χ2n) is 5.84. The van der Waals surface area contributed by atoms with Crippen molar-refractivity contribution in [1.82, 2.24) is 0 Å². The lowest BCUT2D eigenvalue weighted by Crippen LogP contribution is -2.03. The molecule has 0 fully saturated rings. The molecule has 3 aromatic rings. The average molecular weight is 279 g/mol. The first-order valence-corrected chi connectivity index (χ1v) is 7.52. The zero-order chi connectivity index (χ0) is 14.4. The lowest BCUT2D eigenvalue weighted by molar-refractivity contribution is 0.175. The van der Waals surface area contributed by atoms with Crippen LogP contribution in [0.3, 0.4) is 0 Å². The summed E-state index contributed by atoms with van der Waals surface area (Å²) in [6, 6.07) is 11.6. The van der Waals surface area contributed by atoms with E-state index in [2.05, 4.69) is 18.2 Å². The summed E-state index contributed by atoms with van der Waals surface area (Å²) in [5.41, 5.74) is 3.10. The summed E-state index contributed by atoms with van der Waals surface area (Å²) in [4.78, 5) is 0. The van der Waals surface area contributed by atoms with E-state index in [9.17, 15) is 9.50 Å². The molecule has 0 aromatic heterocycles.